The van der Waals surface area contributed by atoms with E-state index in [-0.39, 0.29) is 0 Å². The second kappa shape index (κ2) is 13.9. The topological polar surface area (TPSA) is 35.5 Å². The highest BCUT2D eigenvalue weighted by Gasteiger charge is 2.38. The lowest BCUT2D eigenvalue weighted by Gasteiger charge is -2.23. The zero-order valence-corrected chi connectivity index (χ0v) is 32.9. The highest BCUT2D eigenvalue weighted by molar-refractivity contribution is 9.10. The van der Waals surface area contributed by atoms with Crippen LogP contribution in [-0.4, -0.2) is 0 Å². The van der Waals surface area contributed by atoms with Gasteiger partial charge in [-0.2, -0.15) is 0 Å². The molecule has 3 nitrogen and oxygen atoms in total. The van der Waals surface area contributed by atoms with E-state index in [1.807, 2.05) is 0 Å². The Hall–Kier alpha value is -3.56. The van der Waals surface area contributed by atoms with Crippen LogP contribution in [-0.2, 0) is 43.1 Å². The third kappa shape index (κ3) is 5.98. The average Bonchev–Trinajstić information content (AvgIpc) is 3.26. The van der Waals surface area contributed by atoms with Crippen molar-refractivity contribution in [3.05, 3.63) is 117 Å². The SMILES string of the molecule is CCc1cc(CC)c(-c2cc3ccccc3c3c2OP(=O)(Cl)Oc2c(-c4c(CC)cc(CC)cc4CC)cc4cc(Br)ccc4c2-3)c(CC)c1. The number of hydrogen-bond donors (Lipinski definition) is 0. The van der Waals surface area contributed by atoms with E-state index in [0.29, 0.717) is 11.5 Å². The smallest absolute Gasteiger partial charge is 0.403 e. The van der Waals surface area contributed by atoms with Crippen LogP contribution in [0.2, 0.25) is 0 Å². The van der Waals surface area contributed by atoms with Gasteiger partial charge in [-0.15, -0.1) is 0 Å². The maximum Gasteiger partial charge on any atom is 0.530 e. The van der Waals surface area contributed by atoms with E-state index < -0.39 is 6.95 Å². The van der Waals surface area contributed by atoms with Crippen LogP contribution in [0.3, 0.4) is 0 Å². The van der Waals surface area contributed by atoms with Crippen molar-refractivity contribution in [1.82, 2.24) is 0 Å². The number of halogens is 2. The summed E-state index contributed by atoms with van der Waals surface area (Å²) in [5, 5.41) is 4.08. The summed E-state index contributed by atoms with van der Waals surface area (Å²) in [5.74, 6) is 1.00. The molecule has 0 aromatic heterocycles. The standard InChI is InChI=1S/C44H43BrClO3P/c1-7-26-19-28(9-3)39(29(10-4)20-26)37-24-32-15-13-14-16-35(32)41-42-36-18-17-34(45)23-33(36)25-38(44(42)49-50(46,47)48-43(37)41)40-30(11-5)21-27(8-2)22-31(40)12-6/h13-25H,7-12H2,1-6H3. The van der Waals surface area contributed by atoms with Crippen molar-refractivity contribution in [3.8, 4) is 44.9 Å². The molecule has 0 saturated carbocycles. The fourth-order valence-corrected chi connectivity index (χ4v) is 9.52. The van der Waals surface area contributed by atoms with Crippen molar-refractivity contribution in [2.45, 2.75) is 80.1 Å². The third-order valence-electron chi connectivity index (χ3n) is 10.3. The molecular weight excluding hydrogens is 723 g/mol. The van der Waals surface area contributed by atoms with Crippen molar-refractivity contribution >= 4 is 55.7 Å². The van der Waals surface area contributed by atoms with Gasteiger partial charge in [0.1, 0.15) is 11.5 Å². The van der Waals surface area contributed by atoms with Gasteiger partial charge in [0.2, 0.25) is 0 Å². The first kappa shape index (κ1) is 34.9. The molecule has 7 rings (SSSR count). The molecule has 6 aromatic carbocycles. The van der Waals surface area contributed by atoms with Crippen LogP contribution < -0.4 is 9.05 Å². The lowest BCUT2D eigenvalue weighted by Crippen LogP contribution is -2.01. The Kier molecular flexibility index (Phi) is 9.67. The first-order chi connectivity index (χ1) is 24.1. The molecule has 0 fully saturated rings. The van der Waals surface area contributed by atoms with Crippen LogP contribution in [0.25, 0.3) is 54.9 Å². The molecular formula is C44H43BrClO3P. The average molecular weight is 766 g/mol. The van der Waals surface area contributed by atoms with Crippen LogP contribution in [0.15, 0.2) is 83.3 Å². The van der Waals surface area contributed by atoms with Gasteiger partial charge in [0, 0.05) is 38.0 Å². The molecule has 256 valence electrons. The van der Waals surface area contributed by atoms with Gasteiger partial charge in [0.05, 0.1) is 0 Å². The summed E-state index contributed by atoms with van der Waals surface area (Å²) in [4.78, 5) is 0. The Bertz CT molecular complexity index is 2310. The molecule has 0 amide bonds. The normalized spacial score (nSPS) is 15.4. The van der Waals surface area contributed by atoms with E-state index >= 15 is 0 Å². The number of aryl methyl sites for hydroxylation is 6. The molecule has 0 saturated heterocycles. The summed E-state index contributed by atoms with van der Waals surface area (Å²) < 4.78 is 28.7. The van der Waals surface area contributed by atoms with Crippen LogP contribution in [0.4, 0.5) is 0 Å². The van der Waals surface area contributed by atoms with Gasteiger partial charge in [-0.25, -0.2) is 4.57 Å². The molecule has 6 aromatic rings. The molecule has 0 bridgehead atoms. The molecule has 50 heavy (non-hydrogen) atoms. The second-order valence-electron chi connectivity index (χ2n) is 13.2. The third-order valence-corrected chi connectivity index (χ3v) is 12.0. The Morgan fingerprint density at radius 3 is 1.44 bits per heavy atom. The molecule has 0 radical (unpaired) electrons. The van der Waals surface area contributed by atoms with E-state index in [0.717, 1.165) is 97.9 Å². The summed E-state index contributed by atoms with van der Waals surface area (Å²) in [6, 6.07) is 28.3. The highest BCUT2D eigenvalue weighted by atomic mass is 79.9. The lowest BCUT2D eigenvalue weighted by molar-refractivity contribution is 0.413. The van der Waals surface area contributed by atoms with E-state index in [1.54, 1.807) is 0 Å². The number of rotatable bonds is 8. The van der Waals surface area contributed by atoms with Gasteiger partial charge >= 0.3 is 6.95 Å². The fraction of sp³-hybridized carbons (Fsp3) is 0.273. The largest absolute Gasteiger partial charge is 0.530 e. The zero-order chi connectivity index (χ0) is 35.3. The van der Waals surface area contributed by atoms with E-state index in [2.05, 4.69) is 136 Å². The van der Waals surface area contributed by atoms with E-state index in [1.165, 1.54) is 33.4 Å². The van der Waals surface area contributed by atoms with Gasteiger partial charge in [-0.05, 0) is 129 Å². The quantitative estimate of drug-likeness (QED) is 0.145. The van der Waals surface area contributed by atoms with Gasteiger partial charge in [0.15, 0.2) is 0 Å². The molecule has 0 spiro atoms. The van der Waals surface area contributed by atoms with Crippen LogP contribution >= 0.6 is 34.1 Å². The van der Waals surface area contributed by atoms with Gasteiger partial charge < -0.3 is 9.05 Å². The maximum absolute atomic E-state index is 14.6. The molecule has 1 atom stereocenters. The summed E-state index contributed by atoms with van der Waals surface area (Å²) in [6.07, 6.45) is 5.27. The van der Waals surface area contributed by atoms with Gasteiger partial charge in [0.25, 0.3) is 0 Å². The van der Waals surface area contributed by atoms with Crippen molar-refractivity contribution in [1.29, 1.82) is 0 Å². The molecule has 1 unspecified atom stereocenters. The Balaban J connectivity index is 1.72. The van der Waals surface area contributed by atoms with Gasteiger partial charge in [-0.1, -0.05) is 112 Å². The van der Waals surface area contributed by atoms with E-state index in [9.17, 15) is 4.57 Å². The molecule has 6 heteroatoms. The Labute approximate surface area is 309 Å². The van der Waals surface area contributed by atoms with Crippen molar-refractivity contribution in [2.24, 2.45) is 0 Å². The second-order valence-corrected chi connectivity index (χ2v) is 16.5. The minimum atomic E-state index is -4.22. The monoisotopic (exact) mass is 764 g/mol. The molecule has 0 aliphatic carbocycles. The fourth-order valence-electron chi connectivity index (χ4n) is 7.88. The van der Waals surface area contributed by atoms with Gasteiger partial charge in [-0.3, -0.25) is 0 Å². The predicted molar refractivity (Wildman–Crippen MR) is 216 cm³/mol. The van der Waals surface area contributed by atoms with Crippen LogP contribution in [0.5, 0.6) is 11.5 Å². The minimum Gasteiger partial charge on any atom is -0.403 e. The van der Waals surface area contributed by atoms with Crippen molar-refractivity contribution in [2.75, 3.05) is 0 Å². The minimum absolute atomic E-state index is 0.501. The molecule has 1 aliphatic heterocycles. The van der Waals surface area contributed by atoms with Crippen LogP contribution in [0.1, 0.15) is 74.9 Å². The number of fused-ring (bicyclic) bond motifs is 7. The summed E-state index contributed by atoms with van der Waals surface area (Å²) >= 11 is 10.7. The highest BCUT2D eigenvalue weighted by Crippen LogP contribution is 2.65. The van der Waals surface area contributed by atoms with Crippen molar-refractivity contribution < 1.29 is 13.6 Å². The summed E-state index contributed by atoms with van der Waals surface area (Å²) in [6.45, 7) is 8.95. The zero-order valence-electron chi connectivity index (χ0n) is 29.7. The van der Waals surface area contributed by atoms with Crippen molar-refractivity contribution in [3.63, 3.8) is 0 Å². The lowest BCUT2D eigenvalue weighted by atomic mass is 9.82. The molecule has 1 heterocycles. The predicted octanol–water partition coefficient (Wildman–Crippen LogP) is 14.2. The molecule has 0 N–H and O–H groups in total. The summed E-state index contributed by atoms with van der Waals surface area (Å²) in [5.41, 5.74) is 13.2. The maximum atomic E-state index is 14.6. The number of hydrogen-bond acceptors (Lipinski definition) is 3. The first-order valence-corrected chi connectivity index (χ1v) is 21.2. The Morgan fingerprint density at radius 2 is 0.980 bits per heavy atom. The summed E-state index contributed by atoms with van der Waals surface area (Å²) in [7, 11) is 0. The first-order valence-electron chi connectivity index (χ1n) is 18.0. The van der Waals surface area contributed by atoms with Crippen LogP contribution in [0, 0.1) is 0 Å². The number of benzene rings is 6. The molecule has 1 aliphatic rings. The Morgan fingerprint density at radius 1 is 0.540 bits per heavy atom. The van der Waals surface area contributed by atoms with E-state index in [4.69, 9.17) is 20.3 Å².